The molecule has 0 radical (unpaired) electrons. The SMILES string of the molecule is CCNC(=NCCOc1cccnc1)N1CCCC(C)C1. The lowest BCUT2D eigenvalue weighted by molar-refractivity contribution is 0.264. The van der Waals surface area contributed by atoms with E-state index < -0.39 is 0 Å². The molecule has 1 aromatic heterocycles. The number of aliphatic imine (C=N–C) groups is 1. The molecule has 0 amide bonds. The van der Waals surface area contributed by atoms with E-state index in [0.717, 1.165) is 37.3 Å². The summed E-state index contributed by atoms with van der Waals surface area (Å²) in [6, 6.07) is 3.78. The van der Waals surface area contributed by atoms with Crippen molar-refractivity contribution in [2.45, 2.75) is 26.7 Å². The van der Waals surface area contributed by atoms with Gasteiger partial charge in [0.1, 0.15) is 12.4 Å². The lowest BCUT2D eigenvalue weighted by Gasteiger charge is -2.33. The highest BCUT2D eigenvalue weighted by atomic mass is 16.5. The van der Waals surface area contributed by atoms with Crippen molar-refractivity contribution < 1.29 is 4.74 Å². The Labute approximate surface area is 127 Å². The van der Waals surface area contributed by atoms with E-state index in [4.69, 9.17) is 4.74 Å². The minimum absolute atomic E-state index is 0.573. The molecule has 1 aliphatic heterocycles. The first-order chi connectivity index (χ1) is 10.3. The third-order valence-corrected chi connectivity index (χ3v) is 3.55. The topological polar surface area (TPSA) is 49.8 Å². The number of piperidine rings is 1. The molecule has 0 saturated carbocycles. The second kappa shape index (κ2) is 8.49. The highest BCUT2D eigenvalue weighted by molar-refractivity contribution is 5.80. The van der Waals surface area contributed by atoms with Crippen LogP contribution in [0.15, 0.2) is 29.5 Å². The van der Waals surface area contributed by atoms with E-state index in [-0.39, 0.29) is 0 Å². The van der Waals surface area contributed by atoms with Gasteiger partial charge in [-0.3, -0.25) is 4.98 Å². The van der Waals surface area contributed by atoms with Crippen LogP contribution in [-0.4, -0.2) is 48.6 Å². The normalized spacial score (nSPS) is 19.4. The Morgan fingerprint density at radius 3 is 3.19 bits per heavy atom. The lowest BCUT2D eigenvalue weighted by atomic mass is 10.0. The Morgan fingerprint density at radius 1 is 1.57 bits per heavy atom. The first-order valence-corrected chi connectivity index (χ1v) is 7.85. The van der Waals surface area contributed by atoms with Gasteiger partial charge in [0.2, 0.25) is 0 Å². The lowest BCUT2D eigenvalue weighted by Crippen LogP contribution is -2.46. The van der Waals surface area contributed by atoms with Crippen LogP contribution in [0.1, 0.15) is 26.7 Å². The van der Waals surface area contributed by atoms with Crippen molar-refractivity contribution in [1.29, 1.82) is 0 Å². The molecule has 5 nitrogen and oxygen atoms in total. The maximum atomic E-state index is 5.63. The molecule has 116 valence electrons. The average molecular weight is 290 g/mol. The predicted molar refractivity (Wildman–Crippen MR) is 85.7 cm³/mol. The second-order valence-electron chi connectivity index (χ2n) is 5.47. The van der Waals surface area contributed by atoms with E-state index in [9.17, 15) is 0 Å². The average Bonchev–Trinajstić information content (AvgIpc) is 2.51. The van der Waals surface area contributed by atoms with Gasteiger partial charge in [-0.1, -0.05) is 6.92 Å². The van der Waals surface area contributed by atoms with Crippen LogP contribution in [0, 0.1) is 5.92 Å². The van der Waals surface area contributed by atoms with Crippen LogP contribution in [0.25, 0.3) is 0 Å². The van der Waals surface area contributed by atoms with E-state index in [1.807, 2.05) is 12.1 Å². The monoisotopic (exact) mass is 290 g/mol. The summed E-state index contributed by atoms with van der Waals surface area (Å²) in [5, 5.41) is 3.38. The largest absolute Gasteiger partial charge is 0.490 e. The molecule has 1 aliphatic rings. The Morgan fingerprint density at radius 2 is 2.48 bits per heavy atom. The quantitative estimate of drug-likeness (QED) is 0.513. The van der Waals surface area contributed by atoms with Crippen LogP contribution in [-0.2, 0) is 0 Å². The smallest absolute Gasteiger partial charge is 0.194 e. The fourth-order valence-electron chi connectivity index (χ4n) is 2.56. The standard InChI is InChI=1S/C16H26N4O/c1-3-18-16(20-10-5-6-14(2)13-20)19-9-11-21-15-7-4-8-17-12-15/h4,7-8,12,14H,3,5-6,9-11,13H2,1-2H3,(H,18,19). The Balaban J connectivity index is 1.82. The number of likely N-dealkylation sites (tertiary alicyclic amines) is 1. The van der Waals surface area contributed by atoms with Crippen molar-refractivity contribution in [2.75, 3.05) is 32.8 Å². The number of nitrogens with one attached hydrogen (secondary N) is 1. The van der Waals surface area contributed by atoms with Gasteiger partial charge in [0, 0.05) is 25.8 Å². The zero-order valence-corrected chi connectivity index (χ0v) is 13.1. The third kappa shape index (κ3) is 5.25. The summed E-state index contributed by atoms with van der Waals surface area (Å²) in [7, 11) is 0. The minimum atomic E-state index is 0.573. The molecular formula is C16H26N4O. The van der Waals surface area contributed by atoms with Gasteiger partial charge in [-0.25, -0.2) is 4.99 Å². The first-order valence-electron chi connectivity index (χ1n) is 7.85. The third-order valence-electron chi connectivity index (χ3n) is 3.55. The molecule has 1 fully saturated rings. The number of ether oxygens (including phenoxy) is 1. The summed E-state index contributed by atoms with van der Waals surface area (Å²) >= 11 is 0. The Bertz CT molecular complexity index is 435. The number of hydrogen-bond donors (Lipinski definition) is 1. The van der Waals surface area contributed by atoms with Crippen molar-refractivity contribution >= 4 is 5.96 Å². The number of pyridine rings is 1. The van der Waals surface area contributed by atoms with Crippen LogP contribution >= 0.6 is 0 Å². The predicted octanol–water partition coefficient (Wildman–Crippen LogP) is 2.16. The van der Waals surface area contributed by atoms with Gasteiger partial charge in [0.25, 0.3) is 0 Å². The van der Waals surface area contributed by atoms with Crippen molar-refractivity contribution in [1.82, 2.24) is 15.2 Å². The number of aromatic nitrogens is 1. The Hall–Kier alpha value is -1.78. The van der Waals surface area contributed by atoms with E-state index in [1.54, 1.807) is 12.4 Å². The zero-order valence-electron chi connectivity index (χ0n) is 13.1. The summed E-state index contributed by atoms with van der Waals surface area (Å²) < 4.78 is 5.63. The fraction of sp³-hybridized carbons (Fsp3) is 0.625. The molecule has 1 atom stereocenters. The molecule has 2 heterocycles. The van der Waals surface area contributed by atoms with Crippen molar-refractivity contribution in [3.63, 3.8) is 0 Å². The molecule has 1 saturated heterocycles. The van der Waals surface area contributed by atoms with Crippen LogP contribution in [0.4, 0.5) is 0 Å². The van der Waals surface area contributed by atoms with Crippen molar-refractivity contribution in [2.24, 2.45) is 10.9 Å². The van der Waals surface area contributed by atoms with Crippen molar-refractivity contribution in [3.8, 4) is 5.75 Å². The molecule has 5 heteroatoms. The molecule has 0 spiro atoms. The molecule has 0 bridgehead atoms. The maximum Gasteiger partial charge on any atom is 0.194 e. The van der Waals surface area contributed by atoms with E-state index >= 15 is 0 Å². The highest BCUT2D eigenvalue weighted by Crippen LogP contribution is 2.15. The molecule has 1 aromatic rings. The summed E-state index contributed by atoms with van der Waals surface area (Å²) in [4.78, 5) is 11.1. The van der Waals surface area contributed by atoms with E-state index in [2.05, 4.69) is 34.0 Å². The van der Waals surface area contributed by atoms with Gasteiger partial charge in [-0.2, -0.15) is 0 Å². The van der Waals surface area contributed by atoms with E-state index in [1.165, 1.54) is 12.8 Å². The summed E-state index contributed by atoms with van der Waals surface area (Å²) in [5.41, 5.74) is 0. The summed E-state index contributed by atoms with van der Waals surface area (Å²) in [6.45, 7) is 8.73. The summed E-state index contributed by atoms with van der Waals surface area (Å²) in [5.74, 6) is 2.55. The van der Waals surface area contributed by atoms with Gasteiger partial charge in [-0.05, 0) is 37.8 Å². The van der Waals surface area contributed by atoms with Crippen LogP contribution in [0.2, 0.25) is 0 Å². The van der Waals surface area contributed by atoms with Crippen LogP contribution in [0.5, 0.6) is 5.75 Å². The molecule has 2 rings (SSSR count). The van der Waals surface area contributed by atoms with Gasteiger partial charge < -0.3 is 15.0 Å². The number of hydrogen-bond acceptors (Lipinski definition) is 3. The van der Waals surface area contributed by atoms with Gasteiger partial charge in [0.05, 0.1) is 12.7 Å². The molecular weight excluding hydrogens is 264 g/mol. The van der Waals surface area contributed by atoms with Gasteiger partial charge in [0.15, 0.2) is 5.96 Å². The number of nitrogens with zero attached hydrogens (tertiary/aromatic N) is 3. The van der Waals surface area contributed by atoms with Gasteiger partial charge in [-0.15, -0.1) is 0 Å². The molecule has 0 aromatic carbocycles. The highest BCUT2D eigenvalue weighted by Gasteiger charge is 2.18. The fourth-order valence-corrected chi connectivity index (χ4v) is 2.56. The second-order valence-corrected chi connectivity index (χ2v) is 5.47. The summed E-state index contributed by atoms with van der Waals surface area (Å²) in [6.07, 6.45) is 6.03. The maximum absolute atomic E-state index is 5.63. The minimum Gasteiger partial charge on any atom is -0.490 e. The van der Waals surface area contributed by atoms with Crippen LogP contribution in [0.3, 0.4) is 0 Å². The molecule has 1 unspecified atom stereocenters. The number of guanidine groups is 1. The van der Waals surface area contributed by atoms with Crippen LogP contribution < -0.4 is 10.1 Å². The zero-order chi connectivity index (χ0) is 14.9. The van der Waals surface area contributed by atoms with Crippen molar-refractivity contribution in [3.05, 3.63) is 24.5 Å². The van der Waals surface area contributed by atoms with E-state index in [0.29, 0.717) is 13.2 Å². The Kier molecular flexibility index (Phi) is 6.31. The molecule has 1 N–H and O–H groups in total. The van der Waals surface area contributed by atoms with Gasteiger partial charge >= 0.3 is 0 Å². The first kappa shape index (κ1) is 15.6. The number of rotatable bonds is 5. The molecule has 21 heavy (non-hydrogen) atoms. The molecule has 0 aliphatic carbocycles.